The van der Waals surface area contributed by atoms with Crippen molar-refractivity contribution in [3.8, 4) is 5.75 Å². The Bertz CT molecular complexity index is 953. The predicted octanol–water partition coefficient (Wildman–Crippen LogP) is 6.36. The summed E-state index contributed by atoms with van der Waals surface area (Å²) in [5.41, 5.74) is 3.92. The second-order valence-corrected chi connectivity index (χ2v) is 11.8. The summed E-state index contributed by atoms with van der Waals surface area (Å²) in [6, 6.07) is 11.1. The highest BCUT2D eigenvalue weighted by atomic mass is 32.2. The van der Waals surface area contributed by atoms with Crippen LogP contribution in [0.2, 0.25) is 0 Å². The third kappa shape index (κ3) is 3.97. The molecule has 3 atom stereocenters. The fraction of sp³-hybridized carbons (Fsp3) is 0.538. The van der Waals surface area contributed by atoms with Gasteiger partial charge in [-0.25, -0.2) is 0 Å². The van der Waals surface area contributed by atoms with Gasteiger partial charge in [-0.1, -0.05) is 66.3 Å². The van der Waals surface area contributed by atoms with Gasteiger partial charge in [-0.3, -0.25) is 9.98 Å². The summed E-state index contributed by atoms with van der Waals surface area (Å²) in [6.45, 7) is 15.3. The van der Waals surface area contributed by atoms with E-state index < -0.39 is 0 Å². The second kappa shape index (κ2) is 7.84. The first-order chi connectivity index (χ1) is 14.5. The monoisotopic (exact) mass is 437 g/mol. The fourth-order valence-corrected chi connectivity index (χ4v) is 6.02. The average molecular weight is 438 g/mol. The van der Waals surface area contributed by atoms with Crippen LogP contribution in [-0.4, -0.2) is 32.0 Å². The first-order valence-electron chi connectivity index (χ1n) is 11.3. The number of hydrogen-bond acceptors (Lipinski definition) is 5. The fourth-order valence-electron chi connectivity index (χ4n) is 4.68. The Balaban J connectivity index is 1.93. The Morgan fingerprint density at radius 2 is 1.71 bits per heavy atom. The van der Waals surface area contributed by atoms with Crippen molar-refractivity contribution in [1.82, 2.24) is 9.88 Å². The van der Waals surface area contributed by atoms with Crippen molar-refractivity contribution >= 4 is 16.9 Å². The molecule has 4 rings (SSSR count). The summed E-state index contributed by atoms with van der Waals surface area (Å²) in [4.78, 5) is 12.4. The van der Waals surface area contributed by atoms with Gasteiger partial charge < -0.3 is 10.0 Å². The van der Waals surface area contributed by atoms with Gasteiger partial charge in [-0.05, 0) is 58.2 Å². The van der Waals surface area contributed by atoms with Gasteiger partial charge in [0.25, 0.3) is 0 Å². The van der Waals surface area contributed by atoms with Crippen molar-refractivity contribution in [2.75, 3.05) is 5.75 Å². The second-order valence-electron chi connectivity index (χ2n) is 10.8. The molecule has 0 aliphatic carbocycles. The molecule has 4 nitrogen and oxygen atoms in total. The number of benzene rings is 1. The molecule has 5 heteroatoms. The minimum Gasteiger partial charge on any atom is -0.507 e. The van der Waals surface area contributed by atoms with Crippen LogP contribution in [0.15, 0.2) is 41.5 Å². The van der Waals surface area contributed by atoms with Crippen LogP contribution in [0.25, 0.3) is 0 Å². The molecule has 2 aromatic rings. The predicted molar refractivity (Wildman–Crippen MR) is 131 cm³/mol. The third-order valence-electron chi connectivity index (χ3n) is 6.42. The van der Waals surface area contributed by atoms with E-state index in [9.17, 15) is 5.11 Å². The van der Waals surface area contributed by atoms with Crippen molar-refractivity contribution in [1.29, 1.82) is 0 Å². The molecule has 3 heterocycles. The first-order valence-corrected chi connectivity index (χ1v) is 12.3. The number of phenolic OH excluding ortho intramolecular Hbond substituents is 1. The number of nitrogens with zero attached hydrogens (tertiary/aromatic N) is 3. The highest BCUT2D eigenvalue weighted by molar-refractivity contribution is 8.14. The number of hydrogen-bond donors (Lipinski definition) is 1. The van der Waals surface area contributed by atoms with Crippen LogP contribution in [0.1, 0.15) is 89.4 Å². The highest BCUT2D eigenvalue weighted by Gasteiger charge is 2.46. The number of thioether (sulfide) groups is 1. The smallest absolute Gasteiger partial charge is 0.160 e. The SMILES string of the molecule is CC[C@@H]1CSC2=N[C@@H](c3ccccn3)[C@H](c3cc(C(C)(C)C)c(O)c(C(C)(C)C)c3)N21. The lowest BCUT2D eigenvalue weighted by molar-refractivity contribution is 0.254. The highest BCUT2D eigenvalue weighted by Crippen LogP contribution is 2.51. The summed E-state index contributed by atoms with van der Waals surface area (Å²) in [7, 11) is 0. The molecule has 0 saturated carbocycles. The molecule has 1 N–H and O–H groups in total. The maximum absolute atomic E-state index is 11.2. The van der Waals surface area contributed by atoms with E-state index in [1.807, 2.05) is 30.1 Å². The minimum atomic E-state index is -0.160. The molecular weight excluding hydrogens is 402 g/mol. The molecule has 2 aliphatic rings. The van der Waals surface area contributed by atoms with Crippen molar-refractivity contribution in [3.63, 3.8) is 0 Å². The largest absolute Gasteiger partial charge is 0.507 e. The molecule has 0 bridgehead atoms. The van der Waals surface area contributed by atoms with Crippen molar-refractivity contribution < 1.29 is 5.11 Å². The summed E-state index contributed by atoms with van der Waals surface area (Å²) in [5.74, 6) is 1.51. The maximum Gasteiger partial charge on any atom is 0.160 e. The van der Waals surface area contributed by atoms with E-state index in [4.69, 9.17) is 4.99 Å². The molecule has 166 valence electrons. The minimum absolute atomic E-state index is 0.0387. The van der Waals surface area contributed by atoms with Gasteiger partial charge in [-0.15, -0.1) is 0 Å². The molecule has 1 fully saturated rings. The van der Waals surface area contributed by atoms with E-state index in [1.165, 1.54) is 5.56 Å². The van der Waals surface area contributed by atoms with Crippen LogP contribution in [0, 0.1) is 0 Å². The van der Waals surface area contributed by atoms with Gasteiger partial charge in [0.1, 0.15) is 11.8 Å². The van der Waals surface area contributed by atoms with Crippen LogP contribution < -0.4 is 0 Å². The lowest BCUT2D eigenvalue weighted by Gasteiger charge is -2.35. The Morgan fingerprint density at radius 1 is 1.06 bits per heavy atom. The molecule has 1 saturated heterocycles. The standard InChI is InChI=1S/C26H35N3OS/c1-8-17-15-31-24-28-21(20-11-9-10-12-27-20)22(29(17)24)16-13-18(25(2,3)4)23(30)19(14-16)26(5,6)7/h9-14,17,21-22,30H,8,15H2,1-7H3/t17-,21+,22+/m1/s1. The lowest BCUT2D eigenvalue weighted by Crippen LogP contribution is -2.35. The Hall–Kier alpha value is -2.01. The van der Waals surface area contributed by atoms with E-state index in [0.717, 1.165) is 34.2 Å². The van der Waals surface area contributed by atoms with Crippen LogP contribution in [-0.2, 0) is 10.8 Å². The molecule has 0 amide bonds. The van der Waals surface area contributed by atoms with Gasteiger partial charge in [0.15, 0.2) is 5.17 Å². The number of aromatic nitrogens is 1. The number of amidine groups is 1. The molecule has 0 spiro atoms. The van der Waals surface area contributed by atoms with Crippen LogP contribution >= 0.6 is 11.8 Å². The molecule has 0 radical (unpaired) electrons. The van der Waals surface area contributed by atoms with Gasteiger partial charge in [-0.2, -0.15) is 0 Å². The molecule has 31 heavy (non-hydrogen) atoms. The van der Waals surface area contributed by atoms with Gasteiger partial charge in [0, 0.05) is 18.0 Å². The maximum atomic E-state index is 11.2. The van der Waals surface area contributed by atoms with Crippen LogP contribution in [0.5, 0.6) is 5.75 Å². The zero-order valence-electron chi connectivity index (χ0n) is 19.8. The number of pyridine rings is 1. The summed E-state index contributed by atoms with van der Waals surface area (Å²) in [6.07, 6.45) is 2.95. The Kier molecular flexibility index (Phi) is 5.61. The van der Waals surface area contributed by atoms with Crippen molar-refractivity contribution in [2.45, 2.75) is 83.8 Å². The van der Waals surface area contributed by atoms with Crippen LogP contribution in [0.4, 0.5) is 0 Å². The van der Waals surface area contributed by atoms with E-state index in [2.05, 4.69) is 76.5 Å². The van der Waals surface area contributed by atoms with Crippen molar-refractivity contribution in [2.24, 2.45) is 4.99 Å². The van der Waals surface area contributed by atoms with Gasteiger partial charge >= 0.3 is 0 Å². The number of aliphatic imine (C=N–C) groups is 1. The molecule has 1 aromatic heterocycles. The zero-order chi connectivity index (χ0) is 22.6. The van der Waals surface area contributed by atoms with Gasteiger partial charge in [0.05, 0.1) is 11.7 Å². The summed E-state index contributed by atoms with van der Waals surface area (Å²) < 4.78 is 0. The normalized spacial score (nSPS) is 23.8. The van der Waals surface area contributed by atoms with E-state index >= 15 is 0 Å². The molecule has 0 unspecified atom stereocenters. The number of fused-ring (bicyclic) bond motifs is 1. The molecular formula is C26H35N3OS. The van der Waals surface area contributed by atoms with E-state index in [0.29, 0.717) is 11.8 Å². The lowest BCUT2D eigenvalue weighted by atomic mass is 9.77. The first kappa shape index (κ1) is 22.2. The number of rotatable bonds is 3. The topological polar surface area (TPSA) is 48.7 Å². The molecule has 1 aromatic carbocycles. The third-order valence-corrected chi connectivity index (χ3v) is 7.55. The number of aromatic hydroxyl groups is 1. The number of phenols is 1. The zero-order valence-corrected chi connectivity index (χ0v) is 20.6. The summed E-state index contributed by atoms with van der Waals surface area (Å²) >= 11 is 1.86. The molecule has 2 aliphatic heterocycles. The van der Waals surface area contributed by atoms with Crippen molar-refractivity contribution in [3.05, 3.63) is 58.9 Å². The average Bonchev–Trinajstić information content (AvgIpc) is 3.26. The Morgan fingerprint density at radius 3 is 2.23 bits per heavy atom. The van der Waals surface area contributed by atoms with E-state index in [-0.39, 0.29) is 22.9 Å². The van der Waals surface area contributed by atoms with Crippen LogP contribution in [0.3, 0.4) is 0 Å². The van der Waals surface area contributed by atoms with Gasteiger partial charge in [0.2, 0.25) is 0 Å². The quantitative estimate of drug-likeness (QED) is 0.607. The Labute approximate surface area is 191 Å². The summed E-state index contributed by atoms with van der Waals surface area (Å²) in [5, 5.41) is 12.4. The van der Waals surface area contributed by atoms with E-state index in [1.54, 1.807) is 0 Å².